The summed E-state index contributed by atoms with van der Waals surface area (Å²) in [7, 11) is 0. The maximum absolute atomic E-state index is 5.80. The quantitative estimate of drug-likeness (QED) is 0.637. The Morgan fingerprint density at radius 3 is 2.70 bits per heavy atom. The first-order valence-corrected chi connectivity index (χ1v) is 4.59. The van der Waals surface area contributed by atoms with Gasteiger partial charge in [0.2, 0.25) is 0 Å². The van der Waals surface area contributed by atoms with Crippen LogP contribution < -0.4 is 0 Å². The molecule has 1 heterocycles. The summed E-state index contributed by atoms with van der Waals surface area (Å²) >= 11 is 7.54. The zero-order valence-electron chi connectivity index (χ0n) is 5.72. The van der Waals surface area contributed by atoms with Crippen molar-refractivity contribution in [3.05, 3.63) is 15.0 Å². The first kappa shape index (κ1) is 6.62. The van der Waals surface area contributed by atoms with Gasteiger partial charge in [0.1, 0.15) is 5.15 Å². The van der Waals surface area contributed by atoms with Crippen molar-refractivity contribution in [1.82, 2.24) is 4.98 Å². The van der Waals surface area contributed by atoms with Crippen LogP contribution in [0.4, 0.5) is 0 Å². The van der Waals surface area contributed by atoms with E-state index in [1.165, 1.54) is 17.8 Å². The topological polar surface area (TPSA) is 12.9 Å². The van der Waals surface area contributed by atoms with Crippen LogP contribution in [0.5, 0.6) is 0 Å². The number of aromatic nitrogens is 1. The van der Waals surface area contributed by atoms with E-state index in [1.807, 2.05) is 6.92 Å². The Balaban J connectivity index is 2.34. The predicted molar refractivity (Wildman–Crippen MR) is 43.8 cm³/mol. The van der Waals surface area contributed by atoms with Gasteiger partial charge in [-0.15, -0.1) is 11.3 Å². The minimum absolute atomic E-state index is 0.701. The second-order valence-electron chi connectivity index (χ2n) is 2.67. The number of thiazole rings is 1. The van der Waals surface area contributed by atoms with Crippen LogP contribution in [0.1, 0.15) is 28.6 Å². The van der Waals surface area contributed by atoms with Gasteiger partial charge in [0.15, 0.2) is 0 Å². The van der Waals surface area contributed by atoms with Crippen molar-refractivity contribution < 1.29 is 0 Å². The van der Waals surface area contributed by atoms with E-state index < -0.39 is 0 Å². The standard InChI is InChI=1S/C7H8ClNS/c1-4-6(8)9-7(10-4)5-2-3-5/h5H,2-3H2,1H3. The van der Waals surface area contributed by atoms with E-state index in [4.69, 9.17) is 11.6 Å². The van der Waals surface area contributed by atoms with Crippen LogP contribution in [-0.4, -0.2) is 4.98 Å². The minimum Gasteiger partial charge on any atom is -0.229 e. The molecular weight excluding hydrogens is 166 g/mol. The van der Waals surface area contributed by atoms with Crippen molar-refractivity contribution in [2.75, 3.05) is 0 Å². The third-order valence-corrected chi connectivity index (χ3v) is 3.30. The van der Waals surface area contributed by atoms with Crippen molar-refractivity contribution in [3.63, 3.8) is 0 Å². The summed E-state index contributed by atoms with van der Waals surface area (Å²) in [6.45, 7) is 2.02. The van der Waals surface area contributed by atoms with Gasteiger partial charge in [0.25, 0.3) is 0 Å². The largest absolute Gasteiger partial charge is 0.229 e. The fraction of sp³-hybridized carbons (Fsp3) is 0.571. The average molecular weight is 174 g/mol. The molecule has 1 aromatic rings. The predicted octanol–water partition coefficient (Wildman–Crippen LogP) is 2.98. The fourth-order valence-corrected chi connectivity index (χ4v) is 2.14. The first-order chi connectivity index (χ1) is 4.77. The highest BCUT2D eigenvalue weighted by atomic mass is 35.5. The van der Waals surface area contributed by atoms with E-state index in [9.17, 15) is 0 Å². The Bertz CT molecular complexity index is 233. The van der Waals surface area contributed by atoms with Crippen molar-refractivity contribution in [3.8, 4) is 0 Å². The van der Waals surface area contributed by atoms with E-state index in [0.29, 0.717) is 5.15 Å². The number of hydrogen-bond donors (Lipinski definition) is 0. The van der Waals surface area contributed by atoms with Crippen LogP contribution in [0.3, 0.4) is 0 Å². The monoisotopic (exact) mass is 173 g/mol. The number of rotatable bonds is 1. The molecule has 54 valence electrons. The van der Waals surface area contributed by atoms with E-state index in [-0.39, 0.29) is 0 Å². The zero-order valence-corrected chi connectivity index (χ0v) is 7.30. The molecule has 0 saturated heterocycles. The van der Waals surface area contributed by atoms with Crippen molar-refractivity contribution in [1.29, 1.82) is 0 Å². The van der Waals surface area contributed by atoms with E-state index in [0.717, 1.165) is 10.8 Å². The molecule has 0 aliphatic heterocycles. The van der Waals surface area contributed by atoms with Crippen molar-refractivity contribution in [2.45, 2.75) is 25.7 Å². The highest BCUT2D eigenvalue weighted by molar-refractivity contribution is 7.12. The molecular formula is C7H8ClNS. The first-order valence-electron chi connectivity index (χ1n) is 3.40. The summed E-state index contributed by atoms with van der Waals surface area (Å²) in [5.74, 6) is 0.746. The van der Waals surface area contributed by atoms with Gasteiger partial charge >= 0.3 is 0 Å². The molecule has 0 aromatic carbocycles. The Hall–Kier alpha value is -0.0800. The maximum Gasteiger partial charge on any atom is 0.143 e. The van der Waals surface area contributed by atoms with Crippen molar-refractivity contribution >= 4 is 22.9 Å². The van der Waals surface area contributed by atoms with Gasteiger partial charge in [0.05, 0.1) is 5.01 Å². The third kappa shape index (κ3) is 1.06. The fourth-order valence-electron chi connectivity index (χ4n) is 0.902. The van der Waals surface area contributed by atoms with Gasteiger partial charge in [-0.1, -0.05) is 11.6 Å². The SMILES string of the molecule is Cc1sc(C2CC2)nc1Cl. The zero-order chi connectivity index (χ0) is 7.14. The number of hydrogen-bond acceptors (Lipinski definition) is 2. The second-order valence-corrected chi connectivity index (χ2v) is 4.27. The molecule has 1 fully saturated rings. The lowest BCUT2D eigenvalue weighted by Gasteiger charge is -1.81. The summed E-state index contributed by atoms with van der Waals surface area (Å²) in [5, 5.41) is 1.94. The normalized spacial score (nSPS) is 17.8. The van der Waals surface area contributed by atoms with Gasteiger partial charge in [-0.25, -0.2) is 4.98 Å². The second kappa shape index (κ2) is 2.21. The summed E-state index contributed by atoms with van der Waals surface area (Å²) in [6, 6.07) is 0. The van der Waals surface area contributed by atoms with E-state index in [2.05, 4.69) is 4.98 Å². The Morgan fingerprint density at radius 1 is 1.60 bits per heavy atom. The molecule has 2 rings (SSSR count). The maximum atomic E-state index is 5.80. The summed E-state index contributed by atoms with van der Waals surface area (Å²) in [6.07, 6.45) is 2.62. The highest BCUT2D eigenvalue weighted by Gasteiger charge is 2.27. The van der Waals surface area contributed by atoms with Crippen LogP contribution in [0.15, 0.2) is 0 Å². The molecule has 0 bridgehead atoms. The lowest BCUT2D eigenvalue weighted by atomic mass is 10.5. The third-order valence-electron chi connectivity index (χ3n) is 1.68. The molecule has 1 nitrogen and oxygen atoms in total. The van der Waals surface area contributed by atoms with Crippen LogP contribution in [0.2, 0.25) is 5.15 Å². The molecule has 0 atom stereocenters. The summed E-state index contributed by atoms with van der Waals surface area (Å²) < 4.78 is 0. The molecule has 0 radical (unpaired) electrons. The smallest absolute Gasteiger partial charge is 0.143 e. The molecule has 1 aliphatic rings. The van der Waals surface area contributed by atoms with Gasteiger partial charge < -0.3 is 0 Å². The Kier molecular flexibility index (Phi) is 1.46. The molecule has 0 unspecified atom stereocenters. The highest BCUT2D eigenvalue weighted by Crippen LogP contribution is 2.43. The molecule has 1 saturated carbocycles. The van der Waals surface area contributed by atoms with Gasteiger partial charge in [-0.3, -0.25) is 0 Å². The molecule has 0 N–H and O–H groups in total. The number of halogens is 1. The van der Waals surface area contributed by atoms with Crippen LogP contribution in [0, 0.1) is 6.92 Å². The van der Waals surface area contributed by atoms with E-state index >= 15 is 0 Å². The van der Waals surface area contributed by atoms with E-state index in [1.54, 1.807) is 11.3 Å². The molecule has 3 heteroatoms. The molecule has 10 heavy (non-hydrogen) atoms. The van der Waals surface area contributed by atoms with Gasteiger partial charge in [-0.05, 0) is 19.8 Å². The van der Waals surface area contributed by atoms with Crippen LogP contribution >= 0.6 is 22.9 Å². The number of aryl methyl sites for hydroxylation is 1. The molecule has 0 amide bonds. The summed E-state index contributed by atoms with van der Waals surface area (Å²) in [5.41, 5.74) is 0. The van der Waals surface area contributed by atoms with Crippen molar-refractivity contribution in [2.24, 2.45) is 0 Å². The molecule has 0 spiro atoms. The van der Waals surface area contributed by atoms with Gasteiger partial charge in [-0.2, -0.15) is 0 Å². The lowest BCUT2D eigenvalue weighted by Crippen LogP contribution is -1.72. The summed E-state index contributed by atoms with van der Waals surface area (Å²) in [4.78, 5) is 5.41. The number of nitrogens with zero attached hydrogens (tertiary/aromatic N) is 1. The minimum atomic E-state index is 0.701. The Morgan fingerprint density at radius 2 is 2.30 bits per heavy atom. The molecule has 1 aromatic heterocycles. The van der Waals surface area contributed by atoms with Gasteiger partial charge in [0, 0.05) is 10.8 Å². The average Bonchev–Trinajstić information content (AvgIpc) is 2.64. The van der Waals surface area contributed by atoms with Crippen LogP contribution in [-0.2, 0) is 0 Å². The van der Waals surface area contributed by atoms with Crippen LogP contribution in [0.25, 0.3) is 0 Å². The lowest BCUT2D eigenvalue weighted by molar-refractivity contribution is 1.08. The Labute approximate surface area is 69.0 Å². The molecule has 1 aliphatic carbocycles.